The minimum Gasteiger partial charge on any atom is -0.388 e. The minimum absolute atomic E-state index is 0.0780. The highest BCUT2D eigenvalue weighted by Gasteiger charge is 2.48. The monoisotopic (exact) mass is 970 g/mol. The molecule has 1 fully saturated rings. The van der Waals surface area contributed by atoms with Crippen molar-refractivity contribution < 1.29 is 33.4 Å². The van der Waals surface area contributed by atoms with Crippen molar-refractivity contribution in [3.63, 3.8) is 0 Å². The number of aliphatic hydroxyl groups is 2. The van der Waals surface area contributed by atoms with Crippen molar-refractivity contribution in [3.8, 4) is 0 Å². The van der Waals surface area contributed by atoms with Gasteiger partial charge in [0.1, 0.15) is 17.5 Å². The van der Waals surface area contributed by atoms with E-state index in [9.17, 15) is 33.4 Å². The van der Waals surface area contributed by atoms with Gasteiger partial charge in [-0.25, -0.2) is 13.8 Å². The molecule has 5 aromatic carbocycles. The van der Waals surface area contributed by atoms with Crippen LogP contribution in [0, 0.1) is 17.6 Å². The number of β-lactam (4-membered cyclic amide) rings is 1. The lowest BCUT2D eigenvalue weighted by molar-refractivity contribution is -0.131. The number of rotatable bonds is 23. The van der Waals surface area contributed by atoms with Crippen molar-refractivity contribution in [2.45, 2.75) is 94.4 Å². The maximum Gasteiger partial charge on any atom is 0.233 e. The standard InChI is InChI=1S/C59H60F2N6O5/c60-43-27-25-40(26-28-43)51(68)34-33-48-56(67(59(48)72)45-31-29-44(61)30-32-45)42-18-13-15-39(37-42)38-65-52(69)23-7-2-1-3-8-24-53(70)66-49-21-10-9-19-46(49)54(47-20-14-36-64-58(47)62)55(50-22-11-12-35-63-50)57(71)41-16-5-4-6-17-41/h4-6,9-22,25-32,35-37,48,51,54-57,68,71H,1-3,7-8,23-24,33-34,38H2,(H2,62,64)(H,65,69)(H,66,70). The Morgan fingerprint density at radius 2 is 1.32 bits per heavy atom. The Morgan fingerprint density at radius 3 is 2.04 bits per heavy atom. The number of amides is 3. The third-order valence-corrected chi connectivity index (χ3v) is 13.6. The van der Waals surface area contributed by atoms with Crippen molar-refractivity contribution >= 4 is 34.9 Å². The van der Waals surface area contributed by atoms with Gasteiger partial charge in [-0.1, -0.05) is 116 Å². The van der Waals surface area contributed by atoms with E-state index in [1.54, 1.807) is 29.4 Å². The molecule has 1 saturated heterocycles. The van der Waals surface area contributed by atoms with Crippen LogP contribution >= 0.6 is 0 Å². The molecule has 1 aliphatic heterocycles. The molecule has 2 aromatic heterocycles. The van der Waals surface area contributed by atoms with Crippen LogP contribution in [-0.4, -0.2) is 37.9 Å². The summed E-state index contributed by atoms with van der Waals surface area (Å²) in [5, 5.41) is 29.1. The van der Waals surface area contributed by atoms with Gasteiger partial charge in [-0.3, -0.25) is 19.4 Å². The summed E-state index contributed by atoms with van der Waals surface area (Å²) in [4.78, 5) is 50.9. The van der Waals surface area contributed by atoms with E-state index >= 15 is 0 Å². The number of para-hydroxylation sites is 1. The van der Waals surface area contributed by atoms with E-state index < -0.39 is 41.6 Å². The van der Waals surface area contributed by atoms with E-state index in [0.717, 1.165) is 41.5 Å². The van der Waals surface area contributed by atoms with Crippen LogP contribution < -0.4 is 21.3 Å². The molecule has 0 saturated carbocycles. The average molecular weight is 971 g/mol. The zero-order valence-electron chi connectivity index (χ0n) is 40.0. The molecule has 370 valence electrons. The van der Waals surface area contributed by atoms with Crippen molar-refractivity contribution in [2.75, 3.05) is 16.0 Å². The fourth-order valence-electron chi connectivity index (χ4n) is 9.86. The maximum absolute atomic E-state index is 13.9. The molecule has 7 aromatic rings. The Hall–Kier alpha value is -7.61. The molecule has 0 radical (unpaired) electrons. The summed E-state index contributed by atoms with van der Waals surface area (Å²) in [5.74, 6) is -2.42. The summed E-state index contributed by atoms with van der Waals surface area (Å²) in [7, 11) is 0. The third-order valence-electron chi connectivity index (χ3n) is 13.6. The molecule has 0 bridgehead atoms. The topological polar surface area (TPSA) is 171 Å². The largest absolute Gasteiger partial charge is 0.388 e. The highest BCUT2D eigenvalue weighted by atomic mass is 19.1. The van der Waals surface area contributed by atoms with Crippen LogP contribution in [0.4, 0.5) is 26.0 Å². The summed E-state index contributed by atoms with van der Waals surface area (Å²) in [6, 6.07) is 45.1. The zero-order valence-corrected chi connectivity index (χ0v) is 40.0. The minimum atomic E-state index is -0.976. The molecule has 3 heterocycles. The van der Waals surface area contributed by atoms with Crippen LogP contribution in [0.15, 0.2) is 170 Å². The fraction of sp³-hybridized carbons (Fsp3) is 0.271. The van der Waals surface area contributed by atoms with Crippen molar-refractivity contribution in [3.05, 3.63) is 221 Å². The van der Waals surface area contributed by atoms with Crippen molar-refractivity contribution in [1.29, 1.82) is 0 Å². The normalized spacial score (nSPS) is 16.0. The van der Waals surface area contributed by atoms with Crippen molar-refractivity contribution in [1.82, 2.24) is 15.3 Å². The average Bonchev–Trinajstić information content (AvgIpc) is 3.40. The van der Waals surface area contributed by atoms with Gasteiger partial charge in [0.15, 0.2) is 0 Å². The molecule has 72 heavy (non-hydrogen) atoms. The van der Waals surface area contributed by atoms with E-state index in [0.29, 0.717) is 79.1 Å². The maximum atomic E-state index is 13.9. The Kier molecular flexibility index (Phi) is 17.3. The number of nitrogen functional groups attached to an aromatic ring is 1. The summed E-state index contributed by atoms with van der Waals surface area (Å²) < 4.78 is 27.4. The van der Waals surface area contributed by atoms with Gasteiger partial charge < -0.3 is 31.5 Å². The lowest BCUT2D eigenvalue weighted by Crippen LogP contribution is -2.55. The highest BCUT2D eigenvalue weighted by molar-refractivity contribution is 6.03. The second kappa shape index (κ2) is 24.5. The summed E-state index contributed by atoms with van der Waals surface area (Å²) in [6.07, 6.45) is 6.67. The van der Waals surface area contributed by atoms with E-state index in [-0.39, 0.29) is 23.8 Å². The van der Waals surface area contributed by atoms with E-state index in [1.165, 1.54) is 36.4 Å². The Labute approximate surface area is 419 Å². The lowest BCUT2D eigenvalue weighted by atomic mass is 9.74. The number of nitrogens with one attached hydrogen (secondary N) is 2. The SMILES string of the molecule is Nc1ncccc1C(c1ccccc1NC(=O)CCCCCCCC(=O)NCc1cccc(C2C(CCC(O)c3ccc(F)cc3)C(=O)N2c2ccc(F)cc2)c1)C(c1ccccn1)C(O)c1ccccc1. The van der Waals surface area contributed by atoms with E-state index in [2.05, 4.69) is 15.6 Å². The van der Waals surface area contributed by atoms with Gasteiger partial charge in [-0.05, 0) is 114 Å². The molecule has 1 aliphatic rings. The summed E-state index contributed by atoms with van der Waals surface area (Å²) in [6.45, 7) is 0.295. The number of carbonyl (C=O) groups excluding carboxylic acids is 3. The first kappa shape index (κ1) is 50.8. The van der Waals surface area contributed by atoms with Gasteiger partial charge in [0.05, 0.1) is 24.2 Å². The molecular weight excluding hydrogens is 911 g/mol. The van der Waals surface area contributed by atoms with Crippen LogP contribution in [0.5, 0.6) is 0 Å². The second-order valence-corrected chi connectivity index (χ2v) is 18.4. The predicted molar refractivity (Wildman–Crippen MR) is 275 cm³/mol. The van der Waals surface area contributed by atoms with Crippen LogP contribution in [0.1, 0.15) is 127 Å². The van der Waals surface area contributed by atoms with Crippen LogP contribution in [0.25, 0.3) is 0 Å². The zero-order chi connectivity index (χ0) is 50.4. The molecule has 6 unspecified atom stereocenters. The molecular formula is C59H60F2N6O5. The quantitative estimate of drug-likeness (QED) is 0.0311. The summed E-state index contributed by atoms with van der Waals surface area (Å²) >= 11 is 0. The molecule has 3 amide bonds. The van der Waals surface area contributed by atoms with E-state index in [1.807, 2.05) is 109 Å². The number of hydrogen-bond acceptors (Lipinski definition) is 8. The van der Waals surface area contributed by atoms with E-state index in [4.69, 9.17) is 10.7 Å². The molecule has 13 heteroatoms. The predicted octanol–water partition coefficient (Wildman–Crippen LogP) is 11.2. The van der Waals surface area contributed by atoms with Crippen LogP contribution in [-0.2, 0) is 20.9 Å². The number of nitrogens with zero attached hydrogens (tertiary/aromatic N) is 3. The highest BCUT2D eigenvalue weighted by Crippen LogP contribution is 2.49. The molecule has 8 rings (SSSR count). The second-order valence-electron chi connectivity index (χ2n) is 18.4. The number of nitrogens with two attached hydrogens (primary N) is 1. The number of benzene rings is 5. The van der Waals surface area contributed by atoms with Crippen LogP contribution in [0.2, 0.25) is 0 Å². The number of halogens is 2. The van der Waals surface area contributed by atoms with Crippen molar-refractivity contribution in [2.24, 2.45) is 5.92 Å². The first-order valence-electron chi connectivity index (χ1n) is 24.7. The molecule has 6 atom stereocenters. The molecule has 6 N–H and O–H groups in total. The lowest BCUT2D eigenvalue weighted by Gasteiger charge is -2.48. The van der Waals surface area contributed by atoms with Gasteiger partial charge in [0.25, 0.3) is 0 Å². The Balaban J connectivity index is 0.822. The van der Waals surface area contributed by atoms with Gasteiger partial charge in [0.2, 0.25) is 17.7 Å². The number of unbranched alkanes of at least 4 members (excludes halogenated alkanes) is 4. The number of aliphatic hydroxyl groups excluding tert-OH is 2. The number of pyridine rings is 2. The number of anilines is 3. The summed E-state index contributed by atoms with van der Waals surface area (Å²) in [5.41, 5.74) is 12.9. The smallest absolute Gasteiger partial charge is 0.233 e. The number of aromatic nitrogens is 2. The van der Waals surface area contributed by atoms with Gasteiger partial charge >= 0.3 is 0 Å². The number of carbonyl (C=O) groups is 3. The third kappa shape index (κ3) is 12.6. The molecule has 11 nitrogen and oxygen atoms in total. The van der Waals surface area contributed by atoms with Gasteiger partial charge in [0, 0.05) is 66.2 Å². The van der Waals surface area contributed by atoms with Gasteiger partial charge in [-0.2, -0.15) is 0 Å². The first-order valence-corrected chi connectivity index (χ1v) is 24.7. The Bertz CT molecular complexity index is 2890. The number of hydrogen-bond donors (Lipinski definition) is 5. The molecule has 0 spiro atoms. The Morgan fingerprint density at radius 1 is 0.667 bits per heavy atom. The van der Waals surface area contributed by atoms with Crippen LogP contribution in [0.3, 0.4) is 0 Å². The van der Waals surface area contributed by atoms with Gasteiger partial charge in [-0.15, -0.1) is 0 Å². The first-order chi connectivity index (χ1) is 35.0. The fourth-order valence-corrected chi connectivity index (χ4v) is 9.86. The molecule has 0 aliphatic carbocycles.